The number of hydrogen-bond donors (Lipinski definition) is 1. The van der Waals surface area contributed by atoms with Gasteiger partial charge in [0.05, 0.1) is 18.6 Å². The summed E-state index contributed by atoms with van der Waals surface area (Å²) in [5.41, 5.74) is 0.452. The Labute approximate surface area is 164 Å². The number of hydrogen-bond acceptors (Lipinski definition) is 4. The monoisotopic (exact) mass is 398 g/mol. The molecule has 1 rings (SSSR count). The predicted molar refractivity (Wildman–Crippen MR) is 111 cm³/mol. The summed E-state index contributed by atoms with van der Waals surface area (Å²) in [7, 11) is -3.64. The highest BCUT2D eigenvalue weighted by Gasteiger charge is 2.33. The van der Waals surface area contributed by atoms with Gasteiger partial charge in [-0.15, -0.1) is 0 Å². The number of ether oxygens (including phenoxy) is 1. The normalized spacial score (nSPS) is 13.1. The second kappa shape index (κ2) is 9.97. The number of benzene rings is 1. The van der Waals surface area contributed by atoms with Gasteiger partial charge in [-0.25, -0.2) is 8.42 Å². The smallest absolute Gasteiger partial charge is 0.244 e. The molecular formula is C20H34N2O4S. The summed E-state index contributed by atoms with van der Waals surface area (Å²) >= 11 is 0. The van der Waals surface area contributed by atoms with E-state index in [1.54, 1.807) is 24.3 Å². The third-order valence-electron chi connectivity index (χ3n) is 4.48. The molecule has 6 nitrogen and oxygen atoms in total. The molecule has 0 radical (unpaired) electrons. The third-order valence-corrected chi connectivity index (χ3v) is 5.66. The zero-order valence-electron chi connectivity index (χ0n) is 17.5. The van der Waals surface area contributed by atoms with Gasteiger partial charge >= 0.3 is 0 Å². The SMILES string of the molecule is CCOc1ccc(N([C@@H](CC)C(=O)NC(C(C)C)C(C)C)S(C)(=O)=O)cc1. The van der Waals surface area contributed by atoms with E-state index < -0.39 is 16.1 Å². The van der Waals surface area contributed by atoms with Crippen LogP contribution in [0.2, 0.25) is 0 Å². The summed E-state index contributed by atoms with van der Waals surface area (Å²) in [4.78, 5) is 13.0. The molecule has 0 saturated carbocycles. The molecule has 1 atom stereocenters. The molecule has 0 spiro atoms. The Bertz CT molecular complexity index is 691. The molecule has 0 aliphatic heterocycles. The standard InChI is InChI=1S/C20H34N2O4S/c1-8-18(20(23)21-19(14(3)4)15(5)6)22(27(7,24)25)16-10-12-17(13-11-16)26-9-2/h10-15,18-19H,8-9H2,1-7H3,(H,21,23)/t18-/m0/s1. The average Bonchev–Trinajstić information content (AvgIpc) is 2.56. The first kappa shape index (κ1) is 23.3. The zero-order chi connectivity index (χ0) is 20.8. The lowest BCUT2D eigenvalue weighted by molar-refractivity contribution is -0.123. The molecule has 7 heteroatoms. The fourth-order valence-corrected chi connectivity index (χ4v) is 4.49. The molecule has 0 heterocycles. The van der Waals surface area contributed by atoms with E-state index in [0.29, 0.717) is 24.5 Å². The summed E-state index contributed by atoms with van der Waals surface area (Å²) in [5.74, 6) is 0.892. The summed E-state index contributed by atoms with van der Waals surface area (Å²) in [6.45, 7) is 12.4. The van der Waals surface area contributed by atoms with Crippen LogP contribution in [0.5, 0.6) is 5.75 Å². The van der Waals surface area contributed by atoms with Crippen molar-refractivity contribution in [2.45, 2.75) is 60.0 Å². The van der Waals surface area contributed by atoms with Gasteiger partial charge in [-0.2, -0.15) is 0 Å². The fraction of sp³-hybridized carbons (Fsp3) is 0.650. The summed E-state index contributed by atoms with van der Waals surface area (Å²) < 4.78 is 31.7. The minimum atomic E-state index is -3.64. The zero-order valence-corrected chi connectivity index (χ0v) is 18.3. The second-order valence-electron chi connectivity index (χ2n) is 7.43. The maximum atomic E-state index is 13.0. The molecular weight excluding hydrogens is 364 g/mol. The van der Waals surface area contributed by atoms with Crippen molar-refractivity contribution in [1.29, 1.82) is 0 Å². The van der Waals surface area contributed by atoms with Gasteiger partial charge in [-0.05, 0) is 49.4 Å². The van der Waals surface area contributed by atoms with Crippen molar-refractivity contribution in [3.8, 4) is 5.75 Å². The van der Waals surface area contributed by atoms with Crippen LogP contribution < -0.4 is 14.4 Å². The van der Waals surface area contributed by atoms with E-state index in [1.165, 1.54) is 4.31 Å². The number of sulfonamides is 1. The van der Waals surface area contributed by atoms with Crippen molar-refractivity contribution in [1.82, 2.24) is 5.32 Å². The Hall–Kier alpha value is -1.76. The first-order chi connectivity index (χ1) is 12.5. The van der Waals surface area contributed by atoms with Crippen molar-refractivity contribution in [2.75, 3.05) is 17.2 Å². The molecule has 0 fully saturated rings. The lowest BCUT2D eigenvalue weighted by atomic mass is 9.93. The summed E-state index contributed by atoms with van der Waals surface area (Å²) in [6, 6.07) is 5.94. The molecule has 1 aromatic carbocycles. The van der Waals surface area contributed by atoms with Crippen molar-refractivity contribution >= 4 is 21.6 Å². The molecule has 0 unspecified atom stereocenters. The number of nitrogens with one attached hydrogen (secondary N) is 1. The topological polar surface area (TPSA) is 75.7 Å². The number of carbonyl (C=O) groups is 1. The van der Waals surface area contributed by atoms with Crippen LogP contribution in [0.1, 0.15) is 48.0 Å². The molecule has 27 heavy (non-hydrogen) atoms. The average molecular weight is 399 g/mol. The van der Waals surface area contributed by atoms with Crippen LogP contribution >= 0.6 is 0 Å². The molecule has 1 N–H and O–H groups in total. The number of amides is 1. The maximum Gasteiger partial charge on any atom is 0.244 e. The molecule has 1 aromatic rings. The summed E-state index contributed by atoms with van der Waals surface area (Å²) in [5, 5.41) is 3.05. The number of carbonyl (C=O) groups excluding carboxylic acids is 1. The Balaban J connectivity index is 3.21. The molecule has 0 saturated heterocycles. The highest BCUT2D eigenvalue weighted by atomic mass is 32.2. The third kappa shape index (κ3) is 6.41. The Kier molecular flexibility index (Phi) is 8.59. The van der Waals surface area contributed by atoms with Crippen molar-refractivity contribution in [3.63, 3.8) is 0 Å². The Morgan fingerprint density at radius 2 is 1.59 bits per heavy atom. The van der Waals surface area contributed by atoms with E-state index in [1.807, 2.05) is 41.5 Å². The minimum Gasteiger partial charge on any atom is -0.494 e. The van der Waals surface area contributed by atoms with Crippen LogP contribution in [0, 0.1) is 11.8 Å². The fourth-order valence-electron chi connectivity index (χ4n) is 3.28. The molecule has 1 amide bonds. The van der Waals surface area contributed by atoms with Crippen molar-refractivity contribution in [3.05, 3.63) is 24.3 Å². The molecule has 0 aliphatic carbocycles. The minimum absolute atomic E-state index is 0.0201. The van der Waals surface area contributed by atoms with E-state index in [0.717, 1.165) is 6.26 Å². The van der Waals surface area contributed by atoms with Crippen LogP contribution in [-0.4, -0.2) is 39.3 Å². The largest absolute Gasteiger partial charge is 0.494 e. The quantitative estimate of drug-likeness (QED) is 0.655. The van der Waals surface area contributed by atoms with Gasteiger partial charge in [0, 0.05) is 6.04 Å². The lowest BCUT2D eigenvalue weighted by Crippen LogP contribution is -2.53. The molecule has 0 aromatic heterocycles. The number of nitrogens with zero attached hydrogens (tertiary/aromatic N) is 1. The van der Waals surface area contributed by atoms with E-state index >= 15 is 0 Å². The molecule has 0 aliphatic rings. The van der Waals surface area contributed by atoms with E-state index in [2.05, 4.69) is 5.32 Å². The van der Waals surface area contributed by atoms with Gasteiger partial charge in [0.25, 0.3) is 0 Å². The van der Waals surface area contributed by atoms with Crippen LogP contribution in [0.4, 0.5) is 5.69 Å². The van der Waals surface area contributed by atoms with E-state index in [9.17, 15) is 13.2 Å². The number of rotatable bonds is 10. The highest BCUT2D eigenvalue weighted by Crippen LogP contribution is 2.25. The van der Waals surface area contributed by atoms with Crippen LogP contribution in [0.25, 0.3) is 0 Å². The second-order valence-corrected chi connectivity index (χ2v) is 9.29. The Morgan fingerprint density at radius 1 is 1.07 bits per heavy atom. The first-order valence-corrected chi connectivity index (χ1v) is 11.4. The van der Waals surface area contributed by atoms with Gasteiger partial charge in [0.15, 0.2) is 0 Å². The van der Waals surface area contributed by atoms with Gasteiger partial charge in [0.1, 0.15) is 11.8 Å². The van der Waals surface area contributed by atoms with Crippen molar-refractivity contribution < 1.29 is 17.9 Å². The van der Waals surface area contributed by atoms with Gasteiger partial charge in [0.2, 0.25) is 15.9 Å². The molecule has 0 bridgehead atoms. The number of anilines is 1. The first-order valence-electron chi connectivity index (χ1n) is 9.55. The molecule has 154 valence electrons. The maximum absolute atomic E-state index is 13.0. The van der Waals surface area contributed by atoms with Crippen LogP contribution in [-0.2, 0) is 14.8 Å². The summed E-state index contributed by atoms with van der Waals surface area (Å²) in [6.07, 6.45) is 1.50. The van der Waals surface area contributed by atoms with Crippen LogP contribution in [0.15, 0.2) is 24.3 Å². The van der Waals surface area contributed by atoms with Crippen LogP contribution in [0.3, 0.4) is 0 Å². The van der Waals surface area contributed by atoms with Gasteiger partial charge < -0.3 is 10.1 Å². The Morgan fingerprint density at radius 3 is 1.96 bits per heavy atom. The van der Waals surface area contributed by atoms with E-state index in [-0.39, 0.29) is 23.8 Å². The van der Waals surface area contributed by atoms with Gasteiger partial charge in [-0.1, -0.05) is 34.6 Å². The lowest BCUT2D eigenvalue weighted by Gasteiger charge is -2.33. The van der Waals surface area contributed by atoms with Gasteiger partial charge in [-0.3, -0.25) is 9.10 Å². The highest BCUT2D eigenvalue weighted by molar-refractivity contribution is 7.92. The van der Waals surface area contributed by atoms with Crippen molar-refractivity contribution in [2.24, 2.45) is 11.8 Å². The van der Waals surface area contributed by atoms with E-state index in [4.69, 9.17) is 4.74 Å². The predicted octanol–water partition coefficient (Wildman–Crippen LogP) is 3.43.